The number of carbonyl (C=O) groups excluding carboxylic acids is 2. The van der Waals surface area contributed by atoms with E-state index in [-0.39, 0.29) is 29.3 Å². The number of aryl methyl sites for hydroxylation is 1. The lowest BCUT2D eigenvalue weighted by Crippen LogP contribution is -2.39. The van der Waals surface area contributed by atoms with Crippen molar-refractivity contribution in [1.29, 1.82) is 0 Å². The smallest absolute Gasteiger partial charge is 0.408 e. The van der Waals surface area contributed by atoms with E-state index in [0.29, 0.717) is 5.17 Å². The van der Waals surface area contributed by atoms with Crippen LogP contribution < -0.4 is 10.2 Å². The fourth-order valence-electron chi connectivity index (χ4n) is 3.45. The normalized spacial score (nSPS) is 24.0. The number of benzene rings is 1. The molecule has 10 heteroatoms. The van der Waals surface area contributed by atoms with Crippen molar-refractivity contribution in [2.24, 2.45) is 4.99 Å². The molecule has 3 rings (SSSR count). The number of sulfone groups is 1. The minimum Gasteiger partial charge on any atom is -0.444 e. The van der Waals surface area contributed by atoms with Gasteiger partial charge in [0.2, 0.25) is 0 Å². The quantitative estimate of drug-likeness (QED) is 0.749. The number of carbonyl (C=O) groups is 2. The molecule has 164 valence electrons. The Morgan fingerprint density at radius 1 is 1.27 bits per heavy atom. The molecule has 1 N–H and O–H groups in total. The number of amidine groups is 1. The van der Waals surface area contributed by atoms with Gasteiger partial charge in [-0.15, -0.1) is 0 Å². The average Bonchev–Trinajstić information content (AvgIpc) is 3.05. The van der Waals surface area contributed by atoms with Crippen molar-refractivity contribution in [3.8, 4) is 0 Å². The number of nitrogens with zero attached hydrogens (tertiary/aromatic N) is 2. The van der Waals surface area contributed by atoms with Crippen LogP contribution in [-0.4, -0.2) is 60.5 Å². The Morgan fingerprint density at radius 3 is 2.63 bits per heavy atom. The SMILES string of the molecule is Cc1cccc(N2C(=NC(=O)CNC(=O)OC(C)(C)C)S[C@H]3CS(=O)(=O)C[C@@H]32)c1C. The summed E-state index contributed by atoms with van der Waals surface area (Å²) < 4.78 is 29.5. The zero-order valence-electron chi connectivity index (χ0n) is 17.8. The Labute approximate surface area is 181 Å². The Morgan fingerprint density at radius 2 is 1.97 bits per heavy atom. The van der Waals surface area contributed by atoms with Gasteiger partial charge in [0.05, 0.1) is 17.5 Å². The maximum atomic E-state index is 12.4. The van der Waals surface area contributed by atoms with Crippen LogP contribution in [0.3, 0.4) is 0 Å². The molecular formula is C20H27N3O5S2. The highest BCUT2D eigenvalue weighted by molar-refractivity contribution is 8.16. The van der Waals surface area contributed by atoms with Crippen LogP contribution >= 0.6 is 11.8 Å². The first-order valence-corrected chi connectivity index (χ1v) is 12.4. The Kier molecular flexibility index (Phi) is 6.20. The number of hydrogen-bond donors (Lipinski definition) is 1. The standard InChI is InChI=1S/C20H27N3O5S2/c1-12-7-6-8-14(13(12)2)23-15-10-30(26,27)11-16(15)29-18(23)22-17(24)9-21-19(25)28-20(3,4)5/h6-8,15-16H,9-11H2,1-5H3,(H,21,25)/t15-,16-/m0/s1. The highest BCUT2D eigenvalue weighted by atomic mass is 32.2. The fourth-order valence-corrected chi connectivity index (χ4v) is 7.38. The van der Waals surface area contributed by atoms with Crippen LogP contribution in [0.25, 0.3) is 0 Å². The van der Waals surface area contributed by atoms with Crippen molar-refractivity contribution in [3.05, 3.63) is 29.3 Å². The number of anilines is 1. The minimum absolute atomic E-state index is 0.0292. The van der Waals surface area contributed by atoms with Gasteiger partial charge in [0.25, 0.3) is 5.91 Å². The number of ether oxygens (including phenoxy) is 1. The topological polar surface area (TPSA) is 105 Å². The van der Waals surface area contributed by atoms with Gasteiger partial charge in [-0.25, -0.2) is 13.2 Å². The lowest BCUT2D eigenvalue weighted by Gasteiger charge is -2.27. The fraction of sp³-hybridized carbons (Fsp3) is 0.550. The van der Waals surface area contributed by atoms with Gasteiger partial charge in [-0.1, -0.05) is 23.9 Å². The Hall–Kier alpha value is -2.07. The van der Waals surface area contributed by atoms with Crippen LogP contribution in [0.2, 0.25) is 0 Å². The summed E-state index contributed by atoms with van der Waals surface area (Å²) in [5.41, 5.74) is 2.26. The van der Waals surface area contributed by atoms with Crippen molar-refractivity contribution < 1.29 is 22.7 Å². The first-order valence-electron chi connectivity index (χ1n) is 9.67. The van der Waals surface area contributed by atoms with Crippen LogP contribution in [0.1, 0.15) is 31.9 Å². The molecule has 8 nitrogen and oxygen atoms in total. The molecule has 2 heterocycles. The molecule has 0 aliphatic carbocycles. The molecule has 2 aliphatic rings. The summed E-state index contributed by atoms with van der Waals surface area (Å²) in [7, 11) is -3.14. The van der Waals surface area contributed by atoms with Crippen molar-refractivity contribution in [2.75, 3.05) is 23.0 Å². The van der Waals surface area contributed by atoms with Crippen molar-refractivity contribution in [1.82, 2.24) is 5.32 Å². The molecular weight excluding hydrogens is 426 g/mol. The van der Waals surface area contributed by atoms with Gasteiger partial charge < -0.3 is 15.0 Å². The number of rotatable bonds is 3. The van der Waals surface area contributed by atoms with E-state index in [1.54, 1.807) is 20.8 Å². The molecule has 2 atom stereocenters. The van der Waals surface area contributed by atoms with Crippen LogP contribution in [0.15, 0.2) is 23.2 Å². The summed E-state index contributed by atoms with van der Waals surface area (Å²) in [5.74, 6) is -0.435. The molecule has 1 aromatic rings. The third-order valence-electron chi connectivity index (χ3n) is 4.91. The molecule has 0 bridgehead atoms. The summed E-state index contributed by atoms with van der Waals surface area (Å²) in [6, 6.07) is 5.53. The molecule has 0 saturated carbocycles. The van der Waals surface area contributed by atoms with Gasteiger partial charge in [-0.05, 0) is 51.8 Å². The van der Waals surface area contributed by atoms with Gasteiger partial charge in [0, 0.05) is 10.9 Å². The number of aliphatic imine (C=N–C) groups is 1. The summed E-state index contributed by atoms with van der Waals surface area (Å²) in [6.45, 7) is 8.86. The Bertz CT molecular complexity index is 998. The van der Waals surface area contributed by atoms with E-state index in [9.17, 15) is 18.0 Å². The molecule has 0 unspecified atom stereocenters. The number of thioether (sulfide) groups is 1. The molecule has 2 amide bonds. The Balaban J connectivity index is 1.83. The molecule has 2 saturated heterocycles. The molecule has 0 spiro atoms. The predicted octanol–water partition coefficient (Wildman–Crippen LogP) is 2.43. The van der Waals surface area contributed by atoms with E-state index in [2.05, 4.69) is 10.3 Å². The highest BCUT2D eigenvalue weighted by Gasteiger charge is 2.49. The summed E-state index contributed by atoms with van der Waals surface area (Å²) >= 11 is 1.31. The number of nitrogens with one attached hydrogen (secondary N) is 1. The van der Waals surface area contributed by atoms with E-state index in [4.69, 9.17) is 4.74 Å². The number of hydrogen-bond acceptors (Lipinski definition) is 6. The zero-order chi connectivity index (χ0) is 22.3. The molecule has 0 radical (unpaired) electrons. The summed E-state index contributed by atoms with van der Waals surface area (Å²) in [6.07, 6.45) is -0.690. The lowest BCUT2D eigenvalue weighted by atomic mass is 10.1. The zero-order valence-corrected chi connectivity index (χ0v) is 19.4. The highest BCUT2D eigenvalue weighted by Crippen LogP contribution is 2.42. The van der Waals surface area contributed by atoms with Crippen LogP contribution in [0, 0.1) is 13.8 Å². The maximum Gasteiger partial charge on any atom is 0.408 e. The van der Waals surface area contributed by atoms with Gasteiger partial charge in [-0.3, -0.25) is 4.79 Å². The third kappa shape index (κ3) is 5.15. The third-order valence-corrected chi connectivity index (χ3v) is 8.12. The van der Waals surface area contributed by atoms with E-state index in [0.717, 1.165) is 16.8 Å². The van der Waals surface area contributed by atoms with Crippen LogP contribution in [0.4, 0.5) is 10.5 Å². The van der Waals surface area contributed by atoms with E-state index >= 15 is 0 Å². The van der Waals surface area contributed by atoms with E-state index < -0.39 is 27.4 Å². The molecule has 2 aliphatic heterocycles. The van der Waals surface area contributed by atoms with Crippen molar-refractivity contribution >= 4 is 44.5 Å². The monoisotopic (exact) mass is 453 g/mol. The maximum absolute atomic E-state index is 12.4. The predicted molar refractivity (Wildman–Crippen MR) is 119 cm³/mol. The first-order chi connectivity index (χ1) is 13.9. The summed E-state index contributed by atoms with van der Waals surface area (Å²) in [5, 5.41) is 2.69. The first kappa shape index (κ1) is 22.6. The van der Waals surface area contributed by atoms with E-state index in [1.165, 1.54) is 11.8 Å². The number of alkyl carbamates (subject to hydrolysis) is 1. The van der Waals surface area contributed by atoms with Gasteiger partial charge in [0.15, 0.2) is 15.0 Å². The molecule has 30 heavy (non-hydrogen) atoms. The lowest BCUT2D eigenvalue weighted by molar-refractivity contribution is -0.117. The second-order valence-electron chi connectivity index (χ2n) is 8.53. The second-order valence-corrected chi connectivity index (χ2v) is 11.9. The van der Waals surface area contributed by atoms with Crippen LogP contribution in [-0.2, 0) is 19.4 Å². The van der Waals surface area contributed by atoms with Gasteiger partial charge >= 0.3 is 6.09 Å². The number of amides is 2. The van der Waals surface area contributed by atoms with Gasteiger partial charge in [-0.2, -0.15) is 4.99 Å². The number of fused-ring (bicyclic) bond motifs is 1. The molecule has 0 aromatic heterocycles. The second kappa shape index (κ2) is 8.22. The van der Waals surface area contributed by atoms with Crippen LogP contribution in [0.5, 0.6) is 0 Å². The van der Waals surface area contributed by atoms with Gasteiger partial charge in [0.1, 0.15) is 12.1 Å². The summed E-state index contributed by atoms with van der Waals surface area (Å²) in [4.78, 5) is 30.3. The molecule has 2 fully saturated rings. The van der Waals surface area contributed by atoms with E-state index in [1.807, 2.05) is 36.9 Å². The van der Waals surface area contributed by atoms with Crippen molar-refractivity contribution in [2.45, 2.75) is 51.5 Å². The minimum atomic E-state index is -3.14. The average molecular weight is 454 g/mol. The van der Waals surface area contributed by atoms with Crippen molar-refractivity contribution in [3.63, 3.8) is 0 Å². The largest absolute Gasteiger partial charge is 0.444 e. The molecule has 1 aromatic carbocycles.